The molecule has 0 aromatic heterocycles. The van der Waals surface area contributed by atoms with Crippen molar-refractivity contribution in [2.24, 2.45) is 0 Å². The van der Waals surface area contributed by atoms with Crippen molar-refractivity contribution in [1.29, 1.82) is 0 Å². The van der Waals surface area contributed by atoms with E-state index in [4.69, 9.17) is 34.8 Å². The number of hydrogen-bond acceptors (Lipinski definition) is 0. The Morgan fingerprint density at radius 1 is 1.12 bits per heavy atom. The molecule has 0 nitrogen and oxygen atoms in total. The van der Waals surface area contributed by atoms with Crippen LogP contribution in [0.25, 0.3) is 0 Å². The van der Waals surface area contributed by atoms with Crippen molar-refractivity contribution in [3.8, 4) is 0 Å². The predicted molar refractivity (Wildman–Crippen MR) is 28.5 cm³/mol. The van der Waals surface area contributed by atoms with Crippen LogP contribution in [0.5, 0.6) is 0 Å². The van der Waals surface area contributed by atoms with Crippen LogP contribution in [0.3, 0.4) is 0 Å². The maximum absolute atomic E-state index is 12.1. The summed E-state index contributed by atoms with van der Waals surface area (Å²) in [6, 6.07) is 0. The van der Waals surface area contributed by atoms with E-state index in [9.17, 15) is 8.78 Å². The first-order chi connectivity index (χ1) is 3.40. The molecule has 0 aromatic carbocycles. The van der Waals surface area contributed by atoms with Crippen molar-refractivity contribution in [2.45, 2.75) is 10.3 Å². The maximum atomic E-state index is 12.1. The fourth-order valence-corrected chi connectivity index (χ4v) is 0.974. The van der Waals surface area contributed by atoms with Gasteiger partial charge >= 0.3 is 0 Å². The van der Waals surface area contributed by atoms with E-state index >= 15 is 0 Å². The fourth-order valence-electron chi connectivity index (χ4n) is 0.261. The highest BCUT2D eigenvalue weighted by Gasteiger charge is 2.81. The van der Waals surface area contributed by atoms with Gasteiger partial charge in [0.05, 0.1) is 0 Å². The zero-order valence-corrected chi connectivity index (χ0v) is 5.66. The third-order valence-electron chi connectivity index (χ3n) is 0.883. The number of hydrogen-bond donors (Lipinski definition) is 0. The van der Waals surface area contributed by atoms with Crippen LogP contribution in [0.15, 0.2) is 0 Å². The zero-order valence-electron chi connectivity index (χ0n) is 3.39. The maximum Gasteiger partial charge on any atom is 0.258 e. The first-order valence-corrected chi connectivity index (χ1v) is 2.83. The van der Waals surface area contributed by atoms with Gasteiger partial charge in [0, 0.05) is 0 Å². The molecule has 0 aliphatic heterocycles. The van der Waals surface area contributed by atoms with Gasteiger partial charge in [0.2, 0.25) is 0 Å². The van der Waals surface area contributed by atoms with Gasteiger partial charge in [0.1, 0.15) is 0 Å². The molecule has 0 N–H and O–H groups in total. The summed E-state index contributed by atoms with van der Waals surface area (Å²) in [5, 5.41) is -5.97. The van der Waals surface area contributed by atoms with Crippen molar-refractivity contribution < 1.29 is 8.78 Å². The number of rotatable bonds is 0. The Morgan fingerprint density at radius 3 is 1.25 bits per heavy atom. The molecule has 1 aliphatic carbocycles. The Labute approximate surface area is 59.7 Å². The van der Waals surface area contributed by atoms with Gasteiger partial charge in [-0.2, -0.15) is 0 Å². The quantitative estimate of drug-likeness (QED) is 0.503. The molecule has 2 unspecified atom stereocenters. The summed E-state index contributed by atoms with van der Waals surface area (Å²) in [7, 11) is 0. The van der Waals surface area contributed by atoms with Gasteiger partial charge in [0.25, 0.3) is 10.3 Å². The molecule has 0 saturated heterocycles. The SMILES string of the molecule is FC1(Cl)[C](Cl)C1(F)Cl. The molecule has 47 valence electrons. The molecule has 0 amide bonds. The van der Waals surface area contributed by atoms with Gasteiger partial charge in [0.15, 0.2) is 5.38 Å². The molecular formula is C3Cl3F2. The van der Waals surface area contributed by atoms with Crippen LogP contribution in [0, 0.1) is 5.38 Å². The van der Waals surface area contributed by atoms with Crippen molar-refractivity contribution in [3.63, 3.8) is 0 Å². The van der Waals surface area contributed by atoms with E-state index < -0.39 is 15.6 Å². The molecule has 0 spiro atoms. The standard InChI is InChI=1S/C3Cl3F2/c4-1-2(5,7)3(1,6)8. The third kappa shape index (κ3) is 0.568. The second-order valence-electron chi connectivity index (χ2n) is 1.46. The van der Waals surface area contributed by atoms with Crippen LogP contribution in [-0.4, -0.2) is 10.3 Å². The van der Waals surface area contributed by atoms with Crippen LogP contribution in [0.2, 0.25) is 0 Å². The Hall–Kier alpha value is 0.730. The highest BCUT2D eigenvalue weighted by atomic mass is 35.5. The second kappa shape index (κ2) is 1.41. The number of halogens is 5. The van der Waals surface area contributed by atoms with E-state index in [1.807, 2.05) is 0 Å². The molecule has 1 aliphatic rings. The topological polar surface area (TPSA) is 0 Å². The Kier molecular flexibility index (Phi) is 1.21. The van der Waals surface area contributed by atoms with Gasteiger partial charge in [-0.3, -0.25) is 0 Å². The van der Waals surface area contributed by atoms with E-state index in [0.717, 1.165) is 0 Å². The molecule has 1 radical (unpaired) electrons. The van der Waals surface area contributed by atoms with Crippen molar-refractivity contribution >= 4 is 34.8 Å². The summed E-state index contributed by atoms with van der Waals surface area (Å²) in [6.07, 6.45) is 0. The zero-order chi connectivity index (χ0) is 6.58. The molecule has 0 heterocycles. The highest BCUT2D eigenvalue weighted by molar-refractivity contribution is 6.53. The molecule has 8 heavy (non-hydrogen) atoms. The lowest BCUT2D eigenvalue weighted by molar-refractivity contribution is 0.306. The average Bonchev–Trinajstić information content (AvgIpc) is 1.88. The van der Waals surface area contributed by atoms with E-state index in [2.05, 4.69) is 0 Å². The minimum absolute atomic E-state index is 0.687. The van der Waals surface area contributed by atoms with Crippen LogP contribution in [-0.2, 0) is 0 Å². The molecule has 1 fully saturated rings. The Balaban J connectivity index is 2.72. The second-order valence-corrected chi connectivity index (χ2v) is 2.88. The first kappa shape index (κ1) is 6.84. The van der Waals surface area contributed by atoms with E-state index in [-0.39, 0.29) is 0 Å². The molecule has 1 saturated carbocycles. The van der Waals surface area contributed by atoms with Crippen LogP contribution in [0.4, 0.5) is 8.78 Å². The van der Waals surface area contributed by atoms with Crippen molar-refractivity contribution in [3.05, 3.63) is 5.38 Å². The third-order valence-corrected chi connectivity index (χ3v) is 2.59. The lowest BCUT2D eigenvalue weighted by Gasteiger charge is -1.89. The van der Waals surface area contributed by atoms with Crippen molar-refractivity contribution in [1.82, 2.24) is 0 Å². The van der Waals surface area contributed by atoms with Gasteiger partial charge < -0.3 is 0 Å². The summed E-state index contributed by atoms with van der Waals surface area (Å²) in [5.74, 6) is 0. The van der Waals surface area contributed by atoms with Crippen LogP contribution >= 0.6 is 34.8 Å². The molecule has 1 rings (SSSR count). The summed E-state index contributed by atoms with van der Waals surface area (Å²) in [5.41, 5.74) is 0. The molecule has 0 aromatic rings. The Bertz CT molecular complexity index is 108. The first-order valence-electron chi connectivity index (χ1n) is 1.69. The minimum atomic E-state index is -2.64. The van der Waals surface area contributed by atoms with Gasteiger partial charge in [-0.05, 0) is 0 Å². The summed E-state index contributed by atoms with van der Waals surface area (Å²) in [4.78, 5) is 0. The Morgan fingerprint density at radius 2 is 1.25 bits per heavy atom. The van der Waals surface area contributed by atoms with Crippen LogP contribution in [0.1, 0.15) is 0 Å². The van der Waals surface area contributed by atoms with Gasteiger partial charge in [-0.25, -0.2) is 8.78 Å². The lowest BCUT2D eigenvalue weighted by atomic mass is 10.8. The molecular weight excluding hydrogens is 180 g/mol. The summed E-state index contributed by atoms with van der Waals surface area (Å²) in [6.45, 7) is 0. The lowest BCUT2D eigenvalue weighted by Crippen LogP contribution is -1.99. The fraction of sp³-hybridized carbons (Fsp3) is 0.667. The molecule has 0 bridgehead atoms. The summed E-state index contributed by atoms with van der Waals surface area (Å²) < 4.78 is 24.1. The van der Waals surface area contributed by atoms with E-state index in [1.165, 1.54) is 0 Å². The van der Waals surface area contributed by atoms with E-state index in [1.54, 1.807) is 0 Å². The normalized spacial score (nSPS) is 56.6. The largest absolute Gasteiger partial charge is 0.258 e. The highest BCUT2D eigenvalue weighted by Crippen LogP contribution is 2.69. The molecule has 5 heteroatoms. The summed E-state index contributed by atoms with van der Waals surface area (Å²) >= 11 is 14.4. The monoisotopic (exact) mass is 179 g/mol. The smallest absolute Gasteiger partial charge is 0.219 e. The minimum Gasteiger partial charge on any atom is -0.219 e. The number of alkyl halides is 4. The van der Waals surface area contributed by atoms with Crippen LogP contribution < -0.4 is 0 Å². The average molecular weight is 180 g/mol. The van der Waals surface area contributed by atoms with Crippen molar-refractivity contribution in [2.75, 3.05) is 0 Å². The molecule has 2 atom stereocenters. The predicted octanol–water partition coefficient (Wildman–Crippen LogP) is 2.58. The van der Waals surface area contributed by atoms with E-state index in [0.29, 0.717) is 0 Å². The van der Waals surface area contributed by atoms with Gasteiger partial charge in [-0.1, -0.05) is 23.2 Å². The van der Waals surface area contributed by atoms with Gasteiger partial charge in [-0.15, -0.1) is 11.6 Å².